The molecule has 1 aromatic heterocycles. The number of rotatable bonds is 5. The molecule has 0 bridgehead atoms. The van der Waals surface area contributed by atoms with E-state index < -0.39 is 0 Å². The van der Waals surface area contributed by atoms with Gasteiger partial charge in [-0.1, -0.05) is 24.6 Å². The fourth-order valence-corrected chi connectivity index (χ4v) is 2.43. The maximum absolute atomic E-state index is 13.1. The van der Waals surface area contributed by atoms with Gasteiger partial charge in [0.05, 0.1) is 11.7 Å². The van der Waals surface area contributed by atoms with E-state index in [0.29, 0.717) is 11.4 Å². The summed E-state index contributed by atoms with van der Waals surface area (Å²) in [7, 11) is 0. The van der Waals surface area contributed by atoms with Crippen LogP contribution in [-0.4, -0.2) is 11.5 Å². The van der Waals surface area contributed by atoms with Crippen LogP contribution in [0.15, 0.2) is 36.5 Å². The predicted molar refractivity (Wildman–Crippen MR) is 80.5 cm³/mol. The molecule has 0 saturated heterocycles. The Kier molecular flexibility index (Phi) is 5.10. The Bertz CT molecular complexity index is 586. The van der Waals surface area contributed by atoms with Gasteiger partial charge in [0.2, 0.25) is 0 Å². The maximum atomic E-state index is 13.1. The lowest BCUT2D eigenvalue weighted by molar-refractivity contribution is 0.535. The number of nitrogens with zero attached hydrogens (tertiary/aromatic N) is 1. The quantitative estimate of drug-likeness (QED) is 0.898. The normalized spacial score (nSPS) is 12.4. The average molecular weight is 293 g/mol. The summed E-state index contributed by atoms with van der Waals surface area (Å²) in [5.74, 6) is -0.313. The molecule has 0 aliphatic rings. The molecule has 2 rings (SSSR count). The smallest absolute Gasteiger partial charge is 0.124 e. The van der Waals surface area contributed by atoms with E-state index >= 15 is 0 Å². The van der Waals surface area contributed by atoms with Crippen LogP contribution in [0.25, 0.3) is 0 Å². The summed E-state index contributed by atoms with van der Waals surface area (Å²) in [6.07, 6.45) is 2.49. The minimum atomic E-state index is -0.313. The Morgan fingerprint density at radius 1 is 1.30 bits per heavy atom. The van der Waals surface area contributed by atoms with E-state index in [-0.39, 0.29) is 11.9 Å². The van der Waals surface area contributed by atoms with Crippen LogP contribution < -0.4 is 5.32 Å². The molecule has 0 radical (unpaired) electrons. The van der Waals surface area contributed by atoms with Crippen molar-refractivity contribution in [3.05, 3.63) is 64.2 Å². The maximum Gasteiger partial charge on any atom is 0.124 e. The summed E-state index contributed by atoms with van der Waals surface area (Å²) in [6.45, 7) is 4.92. The van der Waals surface area contributed by atoms with Gasteiger partial charge in [-0.2, -0.15) is 0 Å². The van der Waals surface area contributed by atoms with Crippen LogP contribution in [0.2, 0.25) is 5.02 Å². The number of aromatic nitrogens is 1. The van der Waals surface area contributed by atoms with Crippen molar-refractivity contribution in [3.8, 4) is 0 Å². The SMILES string of the molecule is CCNC(Cc1ccc(F)cc1Cl)c1cc(C)ccn1. The summed E-state index contributed by atoms with van der Waals surface area (Å²) in [5.41, 5.74) is 3.07. The minimum absolute atomic E-state index is 0.0721. The van der Waals surface area contributed by atoms with Crippen LogP contribution in [0, 0.1) is 12.7 Å². The fourth-order valence-electron chi connectivity index (χ4n) is 2.18. The standard InChI is InChI=1S/C16H18ClFN2/c1-3-19-16(15-8-11(2)6-7-20-15)9-12-4-5-13(18)10-14(12)17/h4-8,10,16,19H,3,9H2,1-2H3. The van der Waals surface area contributed by atoms with Gasteiger partial charge in [-0.15, -0.1) is 0 Å². The van der Waals surface area contributed by atoms with Crippen LogP contribution >= 0.6 is 11.6 Å². The third kappa shape index (κ3) is 3.78. The molecule has 0 amide bonds. The van der Waals surface area contributed by atoms with Crippen molar-refractivity contribution in [1.82, 2.24) is 10.3 Å². The molecule has 106 valence electrons. The van der Waals surface area contributed by atoms with Crippen molar-refractivity contribution in [2.24, 2.45) is 0 Å². The number of likely N-dealkylation sites (N-methyl/N-ethyl adjacent to an activating group) is 1. The predicted octanol–water partition coefficient (Wildman–Crippen LogP) is 4.08. The van der Waals surface area contributed by atoms with Gasteiger partial charge in [-0.05, 0) is 55.3 Å². The van der Waals surface area contributed by atoms with Crippen molar-refractivity contribution in [2.75, 3.05) is 6.54 Å². The van der Waals surface area contributed by atoms with Crippen LogP contribution in [0.3, 0.4) is 0 Å². The lowest BCUT2D eigenvalue weighted by Gasteiger charge is -2.18. The zero-order valence-electron chi connectivity index (χ0n) is 11.7. The van der Waals surface area contributed by atoms with Gasteiger partial charge in [-0.25, -0.2) is 4.39 Å². The number of benzene rings is 1. The summed E-state index contributed by atoms with van der Waals surface area (Å²) >= 11 is 6.10. The fraction of sp³-hybridized carbons (Fsp3) is 0.312. The van der Waals surface area contributed by atoms with Gasteiger partial charge in [0.25, 0.3) is 0 Å². The Hall–Kier alpha value is -1.45. The topological polar surface area (TPSA) is 24.9 Å². The van der Waals surface area contributed by atoms with E-state index in [4.69, 9.17) is 11.6 Å². The van der Waals surface area contributed by atoms with Crippen molar-refractivity contribution in [3.63, 3.8) is 0 Å². The molecular weight excluding hydrogens is 275 g/mol. The first-order valence-corrected chi connectivity index (χ1v) is 7.07. The molecule has 4 heteroatoms. The minimum Gasteiger partial charge on any atom is -0.309 e. The van der Waals surface area contributed by atoms with Gasteiger partial charge in [0, 0.05) is 11.2 Å². The van der Waals surface area contributed by atoms with Crippen molar-refractivity contribution in [1.29, 1.82) is 0 Å². The molecule has 0 aliphatic heterocycles. The number of halogens is 2. The Labute approximate surface area is 124 Å². The van der Waals surface area contributed by atoms with Crippen LogP contribution in [-0.2, 0) is 6.42 Å². The van der Waals surface area contributed by atoms with Crippen molar-refractivity contribution in [2.45, 2.75) is 26.3 Å². The van der Waals surface area contributed by atoms with Gasteiger partial charge in [-0.3, -0.25) is 4.98 Å². The first kappa shape index (κ1) is 14.9. The summed E-state index contributed by atoms with van der Waals surface area (Å²) < 4.78 is 13.1. The first-order chi connectivity index (χ1) is 9.60. The lowest BCUT2D eigenvalue weighted by Crippen LogP contribution is -2.24. The Balaban J connectivity index is 2.25. The van der Waals surface area contributed by atoms with Gasteiger partial charge >= 0.3 is 0 Å². The van der Waals surface area contributed by atoms with E-state index in [2.05, 4.69) is 23.3 Å². The van der Waals surface area contributed by atoms with E-state index in [1.807, 2.05) is 13.0 Å². The molecule has 2 nitrogen and oxygen atoms in total. The molecule has 1 heterocycles. The van der Waals surface area contributed by atoms with E-state index in [1.165, 1.54) is 17.7 Å². The summed E-state index contributed by atoms with van der Waals surface area (Å²) in [6, 6.07) is 8.63. The number of nitrogens with one attached hydrogen (secondary N) is 1. The zero-order valence-corrected chi connectivity index (χ0v) is 12.4. The van der Waals surface area contributed by atoms with E-state index in [0.717, 1.165) is 17.8 Å². The third-order valence-electron chi connectivity index (χ3n) is 3.18. The van der Waals surface area contributed by atoms with E-state index in [1.54, 1.807) is 12.3 Å². The monoisotopic (exact) mass is 292 g/mol. The zero-order chi connectivity index (χ0) is 14.5. The Morgan fingerprint density at radius 2 is 2.10 bits per heavy atom. The second kappa shape index (κ2) is 6.82. The summed E-state index contributed by atoms with van der Waals surface area (Å²) in [5, 5.41) is 3.86. The molecule has 1 atom stereocenters. The van der Waals surface area contributed by atoms with Crippen LogP contribution in [0.4, 0.5) is 4.39 Å². The van der Waals surface area contributed by atoms with Crippen molar-refractivity contribution >= 4 is 11.6 Å². The Morgan fingerprint density at radius 3 is 2.75 bits per heavy atom. The van der Waals surface area contributed by atoms with Crippen LogP contribution in [0.5, 0.6) is 0 Å². The van der Waals surface area contributed by atoms with Crippen molar-refractivity contribution < 1.29 is 4.39 Å². The largest absolute Gasteiger partial charge is 0.309 e. The van der Waals surface area contributed by atoms with Gasteiger partial charge in [0.1, 0.15) is 5.82 Å². The molecule has 1 unspecified atom stereocenters. The molecular formula is C16H18ClFN2. The molecule has 0 fully saturated rings. The number of aryl methyl sites for hydroxylation is 1. The highest BCUT2D eigenvalue weighted by Gasteiger charge is 2.14. The second-order valence-electron chi connectivity index (χ2n) is 4.81. The number of hydrogen-bond donors (Lipinski definition) is 1. The lowest BCUT2D eigenvalue weighted by atomic mass is 10.0. The molecule has 1 aromatic carbocycles. The van der Waals surface area contributed by atoms with Gasteiger partial charge < -0.3 is 5.32 Å². The third-order valence-corrected chi connectivity index (χ3v) is 3.54. The highest BCUT2D eigenvalue weighted by atomic mass is 35.5. The number of hydrogen-bond acceptors (Lipinski definition) is 2. The van der Waals surface area contributed by atoms with E-state index in [9.17, 15) is 4.39 Å². The molecule has 0 spiro atoms. The second-order valence-corrected chi connectivity index (χ2v) is 5.22. The molecule has 1 N–H and O–H groups in total. The van der Waals surface area contributed by atoms with Gasteiger partial charge in [0.15, 0.2) is 0 Å². The molecule has 20 heavy (non-hydrogen) atoms. The highest BCUT2D eigenvalue weighted by molar-refractivity contribution is 6.31. The average Bonchev–Trinajstić information content (AvgIpc) is 2.41. The molecule has 0 saturated carbocycles. The number of pyridine rings is 1. The first-order valence-electron chi connectivity index (χ1n) is 6.70. The summed E-state index contributed by atoms with van der Waals surface area (Å²) in [4.78, 5) is 4.42. The molecule has 0 aliphatic carbocycles. The molecule has 2 aromatic rings. The highest BCUT2D eigenvalue weighted by Crippen LogP contribution is 2.24. The van der Waals surface area contributed by atoms with Crippen LogP contribution in [0.1, 0.15) is 29.8 Å².